The fraction of sp³-hybridized carbons (Fsp3) is 0.462. The van der Waals surface area contributed by atoms with Gasteiger partial charge in [0.05, 0.1) is 11.1 Å². The molecule has 2 aromatic rings. The smallest absolute Gasteiger partial charge is 0.340 e. The van der Waals surface area contributed by atoms with Crippen molar-refractivity contribution in [1.29, 1.82) is 0 Å². The lowest BCUT2D eigenvalue weighted by molar-refractivity contribution is -0.0000565. The summed E-state index contributed by atoms with van der Waals surface area (Å²) in [5.41, 5.74) is 13.6. The summed E-state index contributed by atoms with van der Waals surface area (Å²) in [7, 11) is 0. The van der Waals surface area contributed by atoms with E-state index in [-0.39, 0.29) is 24.1 Å². The molecule has 0 spiro atoms. The standard InChI is InChI=1S/C26H32N2O4/c27-23-7-3-1-5-21(23)25(29)31-19-13-9-17(10-14-19)18-11-15-20(16-12-18)32-26(30)22-6-2-4-8-24(22)28/h1-8,17-20H,9-16,27-28H2. The van der Waals surface area contributed by atoms with Gasteiger partial charge in [-0.3, -0.25) is 0 Å². The van der Waals surface area contributed by atoms with E-state index in [2.05, 4.69) is 0 Å². The van der Waals surface area contributed by atoms with Crippen molar-refractivity contribution in [2.24, 2.45) is 11.8 Å². The number of esters is 2. The van der Waals surface area contributed by atoms with Gasteiger partial charge in [0, 0.05) is 11.4 Å². The first-order chi connectivity index (χ1) is 15.5. The van der Waals surface area contributed by atoms with E-state index >= 15 is 0 Å². The minimum Gasteiger partial charge on any atom is -0.459 e. The van der Waals surface area contributed by atoms with E-state index < -0.39 is 0 Å². The van der Waals surface area contributed by atoms with E-state index in [9.17, 15) is 9.59 Å². The van der Waals surface area contributed by atoms with Gasteiger partial charge in [-0.25, -0.2) is 9.59 Å². The molecule has 2 aromatic carbocycles. The normalized spacial score (nSPS) is 25.6. The summed E-state index contributed by atoms with van der Waals surface area (Å²) < 4.78 is 11.4. The van der Waals surface area contributed by atoms with Gasteiger partial charge in [-0.15, -0.1) is 0 Å². The van der Waals surface area contributed by atoms with Crippen LogP contribution in [0.25, 0.3) is 0 Å². The Morgan fingerprint density at radius 3 is 1.28 bits per heavy atom. The number of ether oxygens (including phenoxy) is 2. The molecule has 32 heavy (non-hydrogen) atoms. The van der Waals surface area contributed by atoms with Crippen LogP contribution in [0.15, 0.2) is 48.5 Å². The third-order valence-electron chi connectivity index (χ3n) is 7.01. The van der Waals surface area contributed by atoms with Crippen molar-refractivity contribution in [3.05, 3.63) is 59.7 Å². The summed E-state index contributed by atoms with van der Waals surface area (Å²) in [6.07, 6.45) is 7.78. The molecule has 2 aliphatic carbocycles. The Bertz CT molecular complexity index is 867. The molecule has 0 aliphatic heterocycles. The number of carbonyl (C=O) groups excluding carboxylic acids is 2. The summed E-state index contributed by atoms with van der Waals surface area (Å²) >= 11 is 0. The van der Waals surface area contributed by atoms with Crippen molar-refractivity contribution in [2.45, 2.75) is 63.6 Å². The fourth-order valence-electron chi connectivity index (χ4n) is 5.15. The summed E-state index contributed by atoms with van der Waals surface area (Å²) in [5, 5.41) is 0. The average molecular weight is 437 g/mol. The van der Waals surface area contributed by atoms with Crippen LogP contribution in [0.5, 0.6) is 0 Å². The molecule has 0 saturated heterocycles. The van der Waals surface area contributed by atoms with E-state index in [1.54, 1.807) is 36.4 Å². The molecule has 0 radical (unpaired) electrons. The Morgan fingerprint density at radius 2 is 0.938 bits per heavy atom. The maximum Gasteiger partial charge on any atom is 0.340 e. The van der Waals surface area contributed by atoms with Crippen LogP contribution in [0.3, 0.4) is 0 Å². The lowest BCUT2D eigenvalue weighted by Crippen LogP contribution is -2.32. The van der Waals surface area contributed by atoms with Gasteiger partial charge in [0.15, 0.2) is 0 Å². The predicted octanol–water partition coefficient (Wildman–Crippen LogP) is 4.98. The molecule has 0 atom stereocenters. The quantitative estimate of drug-likeness (QED) is 0.506. The third kappa shape index (κ3) is 5.23. The summed E-state index contributed by atoms with van der Waals surface area (Å²) in [4.78, 5) is 24.8. The molecule has 2 fully saturated rings. The Morgan fingerprint density at radius 1 is 0.594 bits per heavy atom. The molecule has 0 amide bonds. The molecule has 6 heteroatoms. The second-order valence-corrected chi connectivity index (χ2v) is 9.06. The zero-order valence-electron chi connectivity index (χ0n) is 18.4. The number of nitrogens with two attached hydrogens (primary N) is 2. The van der Waals surface area contributed by atoms with E-state index in [0.29, 0.717) is 34.3 Å². The number of para-hydroxylation sites is 2. The van der Waals surface area contributed by atoms with Crippen molar-refractivity contribution < 1.29 is 19.1 Å². The van der Waals surface area contributed by atoms with Crippen LogP contribution < -0.4 is 11.5 Å². The molecule has 0 aromatic heterocycles. The second kappa shape index (κ2) is 10.1. The van der Waals surface area contributed by atoms with Crippen LogP contribution >= 0.6 is 0 Å². The fourth-order valence-corrected chi connectivity index (χ4v) is 5.15. The monoisotopic (exact) mass is 436 g/mol. The summed E-state index contributed by atoms with van der Waals surface area (Å²) in [5.74, 6) is 0.641. The molecular formula is C26H32N2O4. The summed E-state index contributed by atoms with van der Waals surface area (Å²) in [6, 6.07) is 14.1. The predicted molar refractivity (Wildman–Crippen MR) is 124 cm³/mol. The average Bonchev–Trinajstić information content (AvgIpc) is 2.80. The Kier molecular flexibility index (Phi) is 6.98. The largest absolute Gasteiger partial charge is 0.459 e. The van der Waals surface area contributed by atoms with Crippen molar-refractivity contribution in [1.82, 2.24) is 0 Å². The van der Waals surface area contributed by atoms with Gasteiger partial charge in [-0.05, 0) is 87.5 Å². The SMILES string of the molecule is Nc1ccccc1C(=O)OC1CCC(C2CCC(OC(=O)c3ccccc3N)CC2)CC1. The highest BCUT2D eigenvalue weighted by Gasteiger charge is 2.33. The number of hydrogen-bond acceptors (Lipinski definition) is 6. The first-order valence-electron chi connectivity index (χ1n) is 11.6. The Balaban J connectivity index is 1.20. The maximum absolute atomic E-state index is 12.4. The van der Waals surface area contributed by atoms with Gasteiger partial charge in [0.2, 0.25) is 0 Å². The van der Waals surface area contributed by atoms with Gasteiger partial charge < -0.3 is 20.9 Å². The van der Waals surface area contributed by atoms with Gasteiger partial charge in [0.25, 0.3) is 0 Å². The molecule has 4 N–H and O–H groups in total. The number of carbonyl (C=O) groups is 2. The van der Waals surface area contributed by atoms with Crippen molar-refractivity contribution in [3.63, 3.8) is 0 Å². The number of rotatable bonds is 5. The molecule has 6 nitrogen and oxygen atoms in total. The third-order valence-corrected chi connectivity index (χ3v) is 7.01. The molecule has 4 rings (SSSR count). The molecule has 2 saturated carbocycles. The molecule has 0 unspecified atom stereocenters. The van der Waals surface area contributed by atoms with Crippen LogP contribution in [-0.2, 0) is 9.47 Å². The Hall–Kier alpha value is -3.02. The number of nitrogen functional groups attached to an aromatic ring is 2. The minimum atomic E-state index is -0.326. The molecule has 2 aliphatic rings. The number of hydrogen-bond donors (Lipinski definition) is 2. The summed E-state index contributed by atoms with van der Waals surface area (Å²) in [6.45, 7) is 0. The Labute approximate surface area is 189 Å². The number of anilines is 2. The molecule has 0 heterocycles. The van der Waals surface area contributed by atoms with Crippen molar-refractivity contribution in [2.75, 3.05) is 11.5 Å². The second-order valence-electron chi connectivity index (χ2n) is 9.06. The zero-order valence-corrected chi connectivity index (χ0v) is 18.4. The van der Waals surface area contributed by atoms with Crippen molar-refractivity contribution >= 4 is 23.3 Å². The molecule has 0 bridgehead atoms. The van der Waals surface area contributed by atoms with Gasteiger partial charge in [-0.2, -0.15) is 0 Å². The molecular weight excluding hydrogens is 404 g/mol. The van der Waals surface area contributed by atoms with Crippen LogP contribution in [0.2, 0.25) is 0 Å². The highest BCUT2D eigenvalue weighted by Crippen LogP contribution is 2.40. The van der Waals surface area contributed by atoms with E-state index in [1.807, 2.05) is 12.1 Å². The van der Waals surface area contributed by atoms with Gasteiger partial charge >= 0.3 is 11.9 Å². The first kappa shape index (κ1) is 22.2. The van der Waals surface area contributed by atoms with Crippen LogP contribution in [-0.4, -0.2) is 24.1 Å². The minimum absolute atomic E-state index is 0.0352. The van der Waals surface area contributed by atoms with Gasteiger partial charge in [0.1, 0.15) is 12.2 Å². The van der Waals surface area contributed by atoms with Crippen LogP contribution in [0.1, 0.15) is 72.1 Å². The lowest BCUT2D eigenvalue weighted by Gasteiger charge is -2.37. The highest BCUT2D eigenvalue weighted by atomic mass is 16.5. The van der Waals surface area contributed by atoms with E-state index in [0.717, 1.165) is 51.4 Å². The zero-order chi connectivity index (χ0) is 22.5. The highest BCUT2D eigenvalue weighted by molar-refractivity contribution is 5.95. The van der Waals surface area contributed by atoms with Crippen LogP contribution in [0.4, 0.5) is 11.4 Å². The van der Waals surface area contributed by atoms with E-state index in [1.165, 1.54) is 0 Å². The van der Waals surface area contributed by atoms with Crippen LogP contribution in [0, 0.1) is 11.8 Å². The van der Waals surface area contributed by atoms with Crippen molar-refractivity contribution in [3.8, 4) is 0 Å². The number of benzene rings is 2. The van der Waals surface area contributed by atoms with Gasteiger partial charge in [-0.1, -0.05) is 24.3 Å². The van der Waals surface area contributed by atoms with E-state index in [4.69, 9.17) is 20.9 Å². The molecule has 170 valence electrons. The maximum atomic E-state index is 12.4. The topological polar surface area (TPSA) is 105 Å². The first-order valence-corrected chi connectivity index (χ1v) is 11.6. The lowest BCUT2D eigenvalue weighted by atomic mass is 9.72.